The lowest BCUT2D eigenvalue weighted by atomic mass is 10.1. The van der Waals surface area contributed by atoms with Crippen LogP contribution in [0.15, 0.2) is 30.5 Å². The fourth-order valence-corrected chi connectivity index (χ4v) is 2.40. The second-order valence-electron chi connectivity index (χ2n) is 4.55. The molecule has 2 aromatic rings. The molecule has 0 aliphatic carbocycles. The Kier molecular flexibility index (Phi) is 2.65. The topological polar surface area (TPSA) is 41.1 Å². The highest BCUT2D eigenvalue weighted by atomic mass is 15.2. The van der Waals surface area contributed by atoms with Gasteiger partial charge >= 0.3 is 0 Å². The lowest BCUT2D eigenvalue weighted by molar-refractivity contribution is 0.485. The number of anilines is 1. The zero-order valence-electron chi connectivity index (χ0n) is 9.93. The molecule has 1 atom stereocenters. The van der Waals surface area contributed by atoms with Gasteiger partial charge in [-0.15, -0.1) is 0 Å². The van der Waals surface area contributed by atoms with Gasteiger partial charge in [-0.05, 0) is 13.0 Å². The first kappa shape index (κ1) is 10.5. The molecular weight excluding hydrogens is 212 g/mol. The van der Waals surface area contributed by atoms with Crippen LogP contribution in [0.3, 0.4) is 0 Å². The van der Waals surface area contributed by atoms with E-state index in [1.165, 1.54) is 11.1 Å². The van der Waals surface area contributed by atoms with Gasteiger partial charge in [0.1, 0.15) is 0 Å². The van der Waals surface area contributed by atoms with Crippen LogP contribution in [-0.4, -0.2) is 35.9 Å². The Morgan fingerprint density at radius 1 is 1.35 bits per heavy atom. The number of rotatable bonds is 1. The molecule has 1 aliphatic heterocycles. The lowest BCUT2D eigenvalue weighted by Crippen LogP contribution is -2.49. The quantitative estimate of drug-likeness (QED) is 0.801. The summed E-state index contributed by atoms with van der Waals surface area (Å²) < 4.78 is 0. The largest absolute Gasteiger partial charge is 0.367 e. The summed E-state index contributed by atoms with van der Waals surface area (Å²) in [6, 6.07) is 8.71. The summed E-state index contributed by atoms with van der Waals surface area (Å²) in [5.74, 6) is 0. The summed E-state index contributed by atoms with van der Waals surface area (Å²) in [6.07, 6.45) is 1.88. The Morgan fingerprint density at radius 2 is 2.24 bits per heavy atom. The van der Waals surface area contributed by atoms with Gasteiger partial charge in [0.15, 0.2) is 0 Å². The van der Waals surface area contributed by atoms with Crippen LogP contribution in [0.25, 0.3) is 10.9 Å². The fourth-order valence-electron chi connectivity index (χ4n) is 2.40. The van der Waals surface area contributed by atoms with Crippen molar-refractivity contribution in [3.63, 3.8) is 0 Å². The van der Waals surface area contributed by atoms with Crippen LogP contribution in [0.4, 0.5) is 5.69 Å². The molecular formula is C13H16N4. The van der Waals surface area contributed by atoms with Crippen molar-refractivity contribution in [1.82, 2.24) is 15.5 Å². The molecule has 0 bridgehead atoms. The summed E-state index contributed by atoms with van der Waals surface area (Å²) in [5, 5.41) is 12.9. The van der Waals surface area contributed by atoms with Gasteiger partial charge in [0.2, 0.25) is 0 Å². The second-order valence-corrected chi connectivity index (χ2v) is 4.55. The number of piperazine rings is 1. The van der Waals surface area contributed by atoms with Crippen molar-refractivity contribution in [2.24, 2.45) is 0 Å². The van der Waals surface area contributed by atoms with Crippen molar-refractivity contribution in [3.8, 4) is 0 Å². The minimum Gasteiger partial charge on any atom is -0.367 e. The van der Waals surface area contributed by atoms with Crippen LogP contribution in [0, 0.1) is 0 Å². The number of nitrogens with one attached hydrogen (secondary N) is 1. The predicted molar refractivity (Wildman–Crippen MR) is 69.2 cm³/mol. The van der Waals surface area contributed by atoms with Crippen LogP contribution in [-0.2, 0) is 0 Å². The van der Waals surface area contributed by atoms with Crippen LogP contribution in [0.2, 0.25) is 0 Å². The van der Waals surface area contributed by atoms with Gasteiger partial charge in [0.05, 0.1) is 17.4 Å². The highest BCUT2D eigenvalue weighted by Gasteiger charge is 2.17. The Labute approximate surface area is 101 Å². The van der Waals surface area contributed by atoms with E-state index < -0.39 is 0 Å². The molecule has 1 saturated heterocycles. The first-order valence-corrected chi connectivity index (χ1v) is 6.03. The van der Waals surface area contributed by atoms with E-state index in [-0.39, 0.29) is 0 Å². The summed E-state index contributed by atoms with van der Waals surface area (Å²) in [6.45, 7) is 5.29. The zero-order chi connectivity index (χ0) is 11.7. The average molecular weight is 228 g/mol. The van der Waals surface area contributed by atoms with E-state index in [9.17, 15) is 0 Å². The van der Waals surface area contributed by atoms with Crippen molar-refractivity contribution in [2.75, 3.05) is 24.5 Å². The van der Waals surface area contributed by atoms with Gasteiger partial charge in [0, 0.05) is 31.1 Å². The molecule has 4 nitrogen and oxygen atoms in total. The molecule has 1 aliphatic rings. The SMILES string of the molecule is C[C@H]1CN(c2cnnc3ccccc23)CCN1. The molecule has 0 unspecified atom stereocenters. The highest BCUT2D eigenvalue weighted by Crippen LogP contribution is 2.24. The van der Waals surface area contributed by atoms with Crippen molar-refractivity contribution < 1.29 is 0 Å². The van der Waals surface area contributed by atoms with Crippen LogP contribution in [0.5, 0.6) is 0 Å². The van der Waals surface area contributed by atoms with Crippen LogP contribution in [0.1, 0.15) is 6.92 Å². The number of hydrogen-bond acceptors (Lipinski definition) is 4. The molecule has 17 heavy (non-hydrogen) atoms. The number of benzene rings is 1. The standard InChI is InChI=1S/C13H16N4/c1-10-9-17(7-6-14-10)13-8-15-16-12-5-3-2-4-11(12)13/h2-5,8,10,14H,6-7,9H2,1H3/t10-/m0/s1. The Hall–Kier alpha value is -1.68. The van der Waals surface area contributed by atoms with Crippen LogP contribution >= 0.6 is 0 Å². The van der Waals surface area contributed by atoms with Crippen molar-refractivity contribution in [2.45, 2.75) is 13.0 Å². The average Bonchev–Trinajstić information content (AvgIpc) is 2.38. The second kappa shape index (κ2) is 4.30. The predicted octanol–water partition coefficient (Wildman–Crippen LogP) is 1.43. The summed E-state index contributed by atoms with van der Waals surface area (Å²) in [4.78, 5) is 2.39. The number of hydrogen-bond donors (Lipinski definition) is 1. The summed E-state index contributed by atoms with van der Waals surface area (Å²) in [7, 11) is 0. The monoisotopic (exact) mass is 228 g/mol. The maximum absolute atomic E-state index is 4.16. The lowest BCUT2D eigenvalue weighted by Gasteiger charge is -2.33. The Balaban J connectivity index is 2.04. The summed E-state index contributed by atoms with van der Waals surface area (Å²) in [5.41, 5.74) is 2.17. The minimum absolute atomic E-state index is 0.524. The molecule has 1 N–H and O–H groups in total. The molecule has 0 spiro atoms. The first-order valence-electron chi connectivity index (χ1n) is 6.03. The molecule has 1 aromatic carbocycles. The van der Waals surface area contributed by atoms with Gasteiger partial charge < -0.3 is 10.2 Å². The van der Waals surface area contributed by atoms with E-state index in [4.69, 9.17) is 0 Å². The normalized spacial score (nSPS) is 20.8. The van der Waals surface area contributed by atoms with Crippen molar-refractivity contribution >= 4 is 16.6 Å². The van der Waals surface area contributed by atoms with E-state index in [0.717, 1.165) is 25.2 Å². The van der Waals surface area contributed by atoms with E-state index >= 15 is 0 Å². The molecule has 4 heteroatoms. The number of nitrogens with zero attached hydrogens (tertiary/aromatic N) is 3. The van der Waals surface area contributed by atoms with Crippen molar-refractivity contribution in [1.29, 1.82) is 0 Å². The minimum atomic E-state index is 0.524. The van der Waals surface area contributed by atoms with Gasteiger partial charge in [-0.3, -0.25) is 0 Å². The molecule has 2 heterocycles. The van der Waals surface area contributed by atoms with E-state index in [2.05, 4.69) is 39.5 Å². The van der Waals surface area contributed by atoms with E-state index in [1.807, 2.05) is 18.3 Å². The summed E-state index contributed by atoms with van der Waals surface area (Å²) >= 11 is 0. The smallest absolute Gasteiger partial charge is 0.0950 e. The third kappa shape index (κ3) is 1.96. The van der Waals surface area contributed by atoms with E-state index in [0.29, 0.717) is 6.04 Å². The van der Waals surface area contributed by atoms with Crippen LogP contribution < -0.4 is 10.2 Å². The van der Waals surface area contributed by atoms with Gasteiger partial charge in [-0.1, -0.05) is 18.2 Å². The third-order valence-corrected chi connectivity index (χ3v) is 3.23. The molecule has 1 aromatic heterocycles. The maximum atomic E-state index is 4.16. The maximum Gasteiger partial charge on any atom is 0.0950 e. The molecule has 0 amide bonds. The van der Waals surface area contributed by atoms with E-state index in [1.54, 1.807) is 0 Å². The molecule has 1 fully saturated rings. The van der Waals surface area contributed by atoms with Gasteiger partial charge in [-0.2, -0.15) is 10.2 Å². The highest BCUT2D eigenvalue weighted by molar-refractivity contribution is 5.90. The number of fused-ring (bicyclic) bond motifs is 1. The third-order valence-electron chi connectivity index (χ3n) is 3.23. The molecule has 88 valence electrons. The molecule has 0 saturated carbocycles. The Bertz CT molecular complexity index is 520. The zero-order valence-corrected chi connectivity index (χ0v) is 9.93. The van der Waals surface area contributed by atoms with Crippen molar-refractivity contribution in [3.05, 3.63) is 30.5 Å². The number of aromatic nitrogens is 2. The van der Waals surface area contributed by atoms with Gasteiger partial charge in [0.25, 0.3) is 0 Å². The van der Waals surface area contributed by atoms with Gasteiger partial charge in [-0.25, -0.2) is 0 Å². The fraction of sp³-hybridized carbons (Fsp3) is 0.385. The molecule has 0 radical (unpaired) electrons. The molecule has 3 rings (SSSR count). The first-order chi connectivity index (χ1) is 8.34. The Morgan fingerprint density at radius 3 is 3.12 bits per heavy atom.